The van der Waals surface area contributed by atoms with E-state index in [1.54, 1.807) is 6.07 Å². The van der Waals surface area contributed by atoms with Crippen LogP contribution < -0.4 is 15.4 Å². The lowest BCUT2D eigenvalue weighted by Crippen LogP contribution is -2.42. The highest BCUT2D eigenvalue weighted by Crippen LogP contribution is 2.23. The Morgan fingerprint density at radius 1 is 1.12 bits per heavy atom. The van der Waals surface area contributed by atoms with Crippen LogP contribution in [0.15, 0.2) is 36.4 Å². The molecule has 0 amide bonds. The average molecular weight is 397 g/mol. The van der Waals surface area contributed by atoms with Gasteiger partial charge >= 0.3 is 0 Å². The van der Waals surface area contributed by atoms with E-state index in [2.05, 4.69) is 10.6 Å². The number of benzene rings is 2. The first-order valence-electron chi connectivity index (χ1n) is 8.04. The van der Waals surface area contributed by atoms with Gasteiger partial charge in [-0.2, -0.15) is 0 Å². The van der Waals surface area contributed by atoms with Gasteiger partial charge in [-0.05, 0) is 61.8 Å². The summed E-state index contributed by atoms with van der Waals surface area (Å²) in [6.45, 7) is 7.22. The molecule has 0 spiro atoms. The third-order valence-electron chi connectivity index (χ3n) is 3.70. The van der Waals surface area contributed by atoms with Gasteiger partial charge in [-0.3, -0.25) is 0 Å². The lowest BCUT2D eigenvalue weighted by Gasteiger charge is -2.19. The van der Waals surface area contributed by atoms with Crippen LogP contribution in [0.2, 0.25) is 10.0 Å². The molecular formula is C19H22Cl2N2OS. The number of nitrogens with one attached hydrogen (secondary N) is 2. The number of rotatable bonds is 6. The number of ether oxygens (including phenoxy) is 1. The van der Waals surface area contributed by atoms with E-state index < -0.39 is 0 Å². The Hall–Kier alpha value is -1.49. The Morgan fingerprint density at radius 2 is 1.80 bits per heavy atom. The predicted octanol–water partition coefficient (Wildman–Crippen LogP) is 5.04. The van der Waals surface area contributed by atoms with Crippen molar-refractivity contribution >= 4 is 40.5 Å². The third-order valence-corrected chi connectivity index (χ3v) is 4.70. The van der Waals surface area contributed by atoms with Crippen LogP contribution in [0, 0.1) is 13.8 Å². The Bertz CT molecular complexity index is 732. The molecule has 1 atom stereocenters. The summed E-state index contributed by atoms with van der Waals surface area (Å²) in [6, 6.07) is 11.7. The molecule has 0 aliphatic carbocycles. The maximum Gasteiger partial charge on any atom is 0.166 e. The number of aryl methyl sites for hydroxylation is 2. The molecule has 0 aromatic heterocycles. The molecule has 0 bridgehead atoms. The van der Waals surface area contributed by atoms with E-state index in [1.807, 2.05) is 51.1 Å². The van der Waals surface area contributed by atoms with Crippen LogP contribution in [-0.4, -0.2) is 17.8 Å². The molecule has 2 aromatic rings. The molecule has 2 N–H and O–H groups in total. The van der Waals surface area contributed by atoms with E-state index in [0.29, 0.717) is 28.3 Å². The molecule has 2 rings (SSSR count). The second kappa shape index (κ2) is 9.27. The fraction of sp³-hybridized carbons (Fsp3) is 0.316. The van der Waals surface area contributed by atoms with E-state index in [1.165, 1.54) is 0 Å². The van der Waals surface area contributed by atoms with Crippen molar-refractivity contribution in [2.75, 3.05) is 6.61 Å². The maximum absolute atomic E-state index is 6.01. The summed E-state index contributed by atoms with van der Waals surface area (Å²) in [7, 11) is 0. The molecule has 2 aromatic carbocycles. The van der Waals surface area contributed by atoms with E-state index >= 15 is 0 Å². The second-order valence-corrected chi connectivity index (χ2v) is 7.23. The van der Waals surface area contributed by atoms with Crippen LogP contribution in [0.1, 0.15) is 23.6 Å². The normalized spacial score (nSPS) is 11.7. The highest BCUT2D eigenvalue weighted by Gasteiger charge is 2.08. The van der Waals surface area contributed by atoms with Crippen molar-refractivity contribution in [1.29, 1.82) is 0 Å². The van der Waals surface area contributed by atoms with Crippen LogP contribution in [0.5, 0.6) is 5.75 Å². The van der Waals surface area contributed by atoms with Crippen molar-refractivity contribution in [3.05, 3.63) is 63.1 Å². The molecule has 0 radical (unpaired) electrons. The Labute approximate surface area is 164 Å². The Balaban J connectivity index is 1.79. The van der Waals surface area contributed by atoms with Crippen LogP contribution in [0.4, 0.5) is 0 Å². The molecule has 6 heteroatoms. The maximum atomic E-state index is 6.01. The van der Waals surface area contributed by atoms with Gasteiger partial charge in [0.1, 0.15) is 12.4 Å². The van der Waals surface area contributed by atoms with Gasteiger partial charge in [0.05, 0.1) is 16.1 Å². The number of hydrogen-bond donors (Lipinski definition) is 2. The topological polar surface area (TPSA) is 33.3 Å². The molecule has 0 fully saturated rings. The summed E-state index contributed by atoms with van der Waals surface area (Å²) in [4.78, 5) is 0. The minimum absolute atomic E-state index is 0.0767. The van der Waals surface area contributed by atoms with Crippen molar-refractivity contribution in [2.45, 2.75) is 33.4 Å². The molecule has 0 aliphatic heterocycles. The van der Waals surface area contributed by atoms with Crippen LogP contribution in [0.25, 0.3) is 0 Å². The van der Waals surface area contributed by atoms with Gasteiger partial charge in [0.25, 0.3) is 0 Å². The predicted molar refractivity (Wildman–Crippen MR) is 110 cm³/mol. The van der Waals surface area contributed by atoms with Crippen molar-refractivity contribution < 1.29 is 4.74 Å². The van der Waals surface area contributed by atoms with Crippen molar-refractivity contribution in [3.8, 4) is 5.75 Å². The fourth-order valence-electron chi connectivity index (χ4n) is 2.38. The average Bonchev–Trinajstić information content (AvgIpc) is 2.55. The number of para-hydroxylation sites is 1. The SMILES string of the molecule is Cc1cccc(C)c1OCC(C)NC(=S)NCc1ccc(Cl)c(Cl)c1. The first-order chi connectivity index (χ1) is 11.9. The highest BCUT2D eigenvalue weighted by molar-refractivity contribution is 7.80. The van der Waals surface area contributed by atoms with Gasteiger partial charge in [-0.1, -0.05) is 47.5 Å². The van der Waals surface area contributed by atoms with Gasteiger partial charge in [-0.15, -0.1) is 0 Å². The summed E-state index contributed by atoms with van der Waals surface area (Å²) >= 11 is 17.3. The minimum atomic E-state index is 0.0767. The summed E-state index contributed by atoms with van der Waals surface area (Å²) < 4.78 is 5.94. The zero-order chi connectivity index (χ0) is 18.4. The minimum Gasteiger partial charge on any atom is -0.491 e. The molecule has 0 saturated carbocycles. The summed E-state index contributed by atoms with van der Waals surface area (Å²) in [5.74, 6) is 0.936. The highest BCUT2D eigenvalue weighted by atomic mass is 35.5. The zero-order valence-electron chi connectivity index (χ0n) is 14.5. The molecule has 3 nitrogen and oxygen atoms in total. The van der Waals surface area contributed by atoms with E-state index in [9.17, 15) is 0 Å². The van der Waals surface area contributed by atoms with Crippen molar-refractivity contribution in [3.63, 3.8) is 0 Å². The number of thiocarbonyl (C=S) groups is 1. The van der Waals surface area contributed by atoms with Crippen LogP contribution in [0.3, 0.4) is 0 Å². The van der Waals surface area contributed by atoms with Gasteiger partial charge < -0.3 is 15.4 Å². The summed E-state index contributed by atoms with van der Waals surface area (Å²) in [5.41, 5.74) is 3.28. The molecule has 25 heavy (non-hydrogen) atoms. The molecular weight excluding hydrogens is 375 g/mol. The molecule has 0 heterocycles. The van der Waals surface area contributed by atoms with E-state index in [0.717, 1.165) is 22.4 Å². The zero-order valence-corrected chi connectivity index (χ0v) is 16.9. The largest absolute Gasteiger partial charge is 0.491 e. The monoisotopic (exact) mass is 396 g/mol. The van der Waals surface area contributed by atoms with Gasteiger partial charge in [0.15, 0.2) is 5.11 Å². The standard InChI is InChI=1S/C19H22Cl2N2OS/c1-12-5-4-6-13(2)18(12)24-11-14(3)23-19(25)22-10-15-7-8-16(20)17(21)9-15/h4-9,14H,10-11H2,1-3H3,(H2,22,23,25). The van der Waals surface area contributed by atoms with E-state index in [-0.39, 0.29) is 6.04 Å². The summed E-state index contributed by atoms with van der Waals surface area (Å²) in [6.07, 6.45) is 0. The molecule has 0 aliphatic rings. The quantitative estimate of drug-likeness (QED) is 0.669. The van der Waals surface area contributed by atoms with Crippen LogP contribution in [-0.2, 0) is 6.54 Å². The molecule has 0 saturated heterocycles. The second-order valence-electron chi connectivity index (χ2n) is 6.01. The number of halogens is 2. The molecule has 1 unspecified atom stereocenters. The van der Waals surface area contributed by atoms with Crippen LogP contribution >= 0.6 is 35.4 Å². The first-order valence-corrected chi connectivity index (χ1v) is 9.20. The van der Waals surface area contributed by atoms with Gasteiger partial charge in [0, 0.05) is 6.54 Å². The Kier molecular flexibility index (Phi) is 7.36. The van der Waals surface area contributed by atoms with E-state index in [4.69, 9.17) is 40.2 Å². The van der Waals surface area contributed by atoms with Crippen molar-refractivity contribution in [1.82, 2.24) is 10.6 Å². The van der Waals surface area contributed by atoms with Gasteiger partial charge in [-0.25, -0.2) is 0 Å². The Morgan fingerprint density at radius 3 is 2.44 bits per heavy atom. The lowest BCUT2D eigenvalue weighted by molar-refractivity contribution is 0.283. The van der Waals surface area contributed by atoms with Crippen molar-refractivity contribution in [2.24, 2.45) is 0 Å². The van der Waals surface area contributed by atoms with Gasteiger partial charge in [0.2, 0.25) is 0 Å². The first kappa shape index (κ1) is 19.8. The smallest absolute Gasteiger partial charge is 0.166 e. The fourth-order valence-corrected chi connectivity index (χ4v) is 2.98. The number of hydrogen-bond acceptors (Lipinski definition) is 2. The summed E-state index contributed by atoms with van der Waals surface area (Å²) in [5, 5.41) is 8.04. The third kappa shape index (κ3) is 6.07. The molecule has 134 valence electrons. The lowest BCUT2D eigenvalue weighted by atomic mass is 10.1.